The van der Waals surface area contributed by atoms with Gasteiger partial charge in [0.15, 0.2) is 0 Å². The van der Waals surface area contributed by atoms with Crippen LogP contribution in [-0.2, 0) is 18.3 Å². The summed E-state index contributed by atoms with van der Waals surface area (Å²) in [5, 5.41) is 11.7. The molecule has 1 aliphatic carbocycles. The Balaban J connectivity index is 1.54. The van der Waals surface area contributed by atoms with E-state index in [1.165, 1.54) is 26.4 Å². The molecule has 2 aromatic rings. The Kier molecular flexibility index (Phi) is 5.83. The molecule has 168 valence electrons. The summed E-state index contributed by atoms with van der Waals surface area (Å²) in [6.07, 6.45) is -0.326. The lowest BCUT2D eigenvalue weighted by molar-refractivity contribution is -0.137. The summed E-state index contributed by atoms with van der Waals surface area (Å²) in [5.41, 5.74) is -0.398. The average molecular weight is 437 g/mol. The predicted octanol–water partition coefficient (Wildman–Crippen LogP) is 3.63. The van der Waals surface area contributed by atoms with Gasteiger partial charge in [-0.1, -0.05) is 12.1 Å². The SMILES string of the molecule is COc1ncc([C@]2(O)CCC[C@H]3CN(Cc4ccc(C(F)(F)F)cc4)C[C@@H]32)c(OC)n1. The van der Waals surface area contributed by atoms with E-state index in [-0.39, 0.29) is 17.8 Å². The van der Waals surface area contributed by atoms with E-state index in [0.717, 1.165) is 37.1 Å². The molecule has 2 heterocycles. The van der Waals surface area contributed by atoms with Crippen LogP contribution >= 0.6 is 0 Å². The monoisotopic (exact) mass is 437 g/mol. The second kappa shape index (κ2) is 8.27. The van der Waals surface area contributed by atoms with Crippen molar-refractivity contribution in [3.8, 4) is 11.9 Å². The number of aromatic nitrogens is 2. The molecule has 0 radical (unpaired) electrons. The molecule has 4 rings (SSSR count). The number of rotatable bonds is 5. The van der Waals surface area contributed by atoms with Crippen LogP contribution in [0.25, 0.3) is 0 Å². The summed E-state index contributed by atoms with van der Waals surface area (Å²) in [6.45, 7) is 1.96. The van der Waals surface area contributed by atoms with Crippen molar-refractivity contribution in [2.45, 2.75) is 37.6 Å². The minimum Gasteiger partial charge on any atom is -0.481 e. The van der Waals surface area contributed by atoms with E-state index in [2.05, 4.69) is 14.9 Å². The Hall–Kier alpha value is -2.39. The molecular formula is C22H26F3N3O3. The van der Waals surface area contributed by atoms with E-state index < -0.39 is 17.3 Å². The van der Waals surface area contributed by atoms with Gasteiger partial charge in [0.05, 0.1) is 25.3 Å². The number of hydrogen-bond donors (Lipinski definition) is 1. The number of halogens is 3. The minimum atomic E-state index is -4.34. The lowest BCUT2D eigenvalue weighted by Crippen LogP contribution is -2.43. The molecule has 9 heteroatoms. The fourth-order valence-electron chi connectivity index (χ4n) is 5.04. The van der Waals surface area contributed by atoms with Crippen LogP contribution in [0.3, 0.4) is 0 Å². The molecule has 0 bridgehead atoms. The summed E-state index contributed by atoms with van der Waals surface area (Å²) in [4.78, 5) is 10.6. The second-order valence-corrected chi connectivity index (χ2v) is 8.35. The maximum Gasteiger partial charge on any atom is 0.416 e. The van der Waals surface area contributed by atoms with Gasteiger partial charge in [-0.2, -0.15) is 18.2 Å². The molecule has 1 N–H and O–H groups in total. The largest absolute Gasteiger partial charge is 0.481 e. The number of likely N-dealkylation sites (tertiary alicyclic amines) is 1. The number of benzene rings is 1. The summed E-state index contributed by atoms with van der Waals surface area (Å²) < 4.78 is 48.9. The molecule has 0 amide bonds. The fraction of sp³-hybridized carbons (Fsp3) is 0.545. The van der Waals surface area contributed by atoms with Gasteiger partial charge in [0.1, 0.15) is 5.60 Å². The van der Waals surface area contributed by atoms with Crippen molar-refractivity contribution in [2.75, 3.05) is 27.3 Å². The number of alkyl halides is 3. The van der Waals surface area contributed by atoms with Crippen molar-refractivity contribution >= 4 is 0 Å². The molecule has 6 nitrogen and oxygen atoms in total. The normalized spacial score (nSPS) is 26.5. The van der Waals surface area contributed by atoms with Crippen LogP contribution in [0.15, 0.2) is 30.5 Å². The number of methoxy groups -OCH3 is 2. The first-order chi connectivity index (χ1) is 14.7. The first-order valence-electron chi connectivity index (χ1n) is 10.3. The Morgan fingerprint density at radius 1 is 1.16 bits per heavy atom. The van der Waals surface area contributed by atoms with Crippen molar-refractivity contribution in [3.63, 3.8) is 0 Å². The van der Waals surface area contributed by atoms with Gasteiger partial charge in [-0.05, 0) is 42.9 Å². The minimum absolute atomic E-state index is 0.0402. The maximum atomic E-state index is 12.8. The molecule has 1 aromatic carbocycles. The van der Waals surface area contributed by atoms with Crippen LogP contribution in [0.1, 0.15) is 36.0 Å². The molecule has 0 unspecified atom stereocenters. The van der Waals surface area contributed by atoms with E-state index in [0.29, 0.717) is 31.0 Å². The summed E-state index contributed by atoms with van der Waals surface area (Å²) in [7, 11) is 2.97. The van der Waals surface area contributed by atoms with E-state index in [1.807, 2.05) is 0 Å². The molecule has 0 spiro atoms. The van der Waals surface area contributed by atoms with Gasteiger partial charge in [-0.15, -0.1) is 0 Å². The first-order valence-corrected chi connectivity index (χ1v) is 10.3. The van der Waals surface area contributed by atoms with Crippen molar-refractivity contribution in [1.29, 1.82) is 0 Å². The molecule has 31 heavy (non-hydrogen) atoms. The summed E-state index contributed by atoms with van der Waals surface area (Å²) >= 11 is 0. The third kappa shape index (κ3) is 4.21. The van der Waals surface area contributed by atoms with E-state index >= 15 is 0 Å². The van der Waals surface area contributed by atoms with Gasteiger partial charge >= 0.3 is 12.2 Å². The zero-order chi connectivity index (χ0) is 22.2. The van der Waals surface area contributed by atoms with Crippen LogP contribution in [0.5, 0.6) is 11.9 Å². The zero-order valence-electron chi connectivity index (χ0n) is 17.5. The van der Waals surface area contributed by atoms with Gasteiger partial charge < -0.3 is 14.6 Å². The number of fused-ring (bicyclic) bond motifs is 1. The quantitative estimate of drug-likeness (QED) is 0.771. The van der Waals surface area contributed by atoms with E-state index in [1.54, 1.807) is 6.20 Å². The first kappa shape index (κ1) is 21.8. The smallest absolute Gasteiger partial charge is 0.416 e. The average Bonchev–Trinajstić information content (AvgIpc) is 3.17. The van der Waals surface area contributed by atoms with Crippen LogP contribution < -0.4 is 9.47 Å². The topological polar surface area (TPSA) is 67.7 Å². The lowest BCUT2D eigenvalue weighted by atomic mass is 9.68. The third-order valence-electron chi connectivity index (χ3n) is 6.52. The van der Waals surface area contributed by atoms with Gasteiger partial charge in [0, 0.05) is 31.7 Å². The predicted molar refractivity (Wildman–Crippen MR) is 107 cm³/mol. The maximum absolute atomic E-state index is 12.8. The highest BCUT2D eigenvalue weighted by Crippen LogP contribution is 2.50. The molecule has 1 aliphatic heterocycles. The second-order valence-electron chi connectivity index (χ2n) is 8.35. The fourth-order valence-corrected chi connectivity index (χ4v) is 5.04. The lowest BCUT2D eigenvalue weighted by Gasteiger charge is -2.41. The highest BCUT2D eigenvalue weighted by atomic mass is 19.4. The molecule has 1 aromatic heterocycles. The zero-order valence-corrected chi connectivity index (χ0v) is 17.5. The highest BCUT2D eigenvalue weighted by Gasteiger charge is 2.51. The van der Waals surface area contributed by atoms with Crippen molar-refractivity contribution in [2.24, 2.45) is 11.8 Å². The van der Waals surface area contributed by atoms with Gasteiger partial charge in [0.25, 0.3) is 0 Å². The number of hydrogen-bond acceptors (Lipinski definition) is 6. The highest BCUT2D eigenvalue weighted by molar-refractivity contribution is 5.33. The van der Waals surface area contributed by atoms with Crippen LogP contribution in [0, 0.1) is 11.8 Å². The van der Waals surface area contributed by atoms with E-state index in [4.69, 9.17) is 9.47 Å². The van der Waals surface area contributed by atoms with Crippen molar-refractivity contribution in [1.82, 2.24) is 14.9 Å². The van der Waals surface area contributed by atoms with Gasteiger partial charge in [0.2, 0.25) is 5.88 Å². The summed E-state index contributed by atoms with van der Waals surface area (Å²) in [5.74, 6) is 0.540. The molecule has 3 atom stereocenters. The Morgan fingerprint density at radius 2 is 1.90 bits per heavy atom. The molecule has 2 fully saturated rings. The van der Waals surface area contributed by atoms with Crippen LogP contribution in [-0.4, -0.2) is 47.3 Å². The summed E-state index contributed by atoms with van der Waals surface area (Å²) in [6, 6.07) is 5.46. The Bertz CT molecular complexity index is 922. The number of nitrogens with zero attached hydrogens (tertiary/aromatic N) is 3. The molecule has 2 aliphatic rings. The van der Waals surface area contributed by atoms with Crippen LogP contribution in [0.2, 0.25) is 0 Å². The van der Waals surface area contributed by atoms with Gasteiger partial charge in [-0.25, -0.2) is 4.98 Å². The third-order valence-corrected chi connectivity index (χ3v) is 6.52. The number of ether oxygens (including phenoxy) is 2. The molecule has 1 saturated carbocycles. The van der Waals surface area contributed by atoms with Gasteiger partial charge in [-0.3, -0.25) is 4.90 Å². The standard InChI is InChI=1S/C22H26F3N3O3/c1-30-19-17(10-26-20(27-19)31-2)21(29)9-3-4-15-12-28(13-18(15)21)11-14-5-7-16(8-6-14)22(23,24)25/h5-8,10,15,18,29H,3-4,9,11-13H2,1-2H3/t15-,18-,21+/m0/s1. The van der Waals surface area contributed by atoms with Crippen molar-refractivity contribution in [3.05, 3.63) is 47.2 Å². The number of aliphatic hydroxyl groups is 1. The Labute approximate surface area is 179 Å². The van der Waals surface area contributed by atoms with Crippen LogP contribution in [0.4, 0.5) is 13.2 Å². The molecular weight excluding hydrogens is 411 g/mol. The van der Waals surface area contributed by atoms with E-state index in [9.17, 15) is 18.3 Å². The van der Waals surface area contributed by atoms with Crippen molar-refractivity contribution < 1.29 is 27.8 Å². The Morgan fingerprint density at radius 3 is 2.55 bits per heavy atom. The molecule has 1 saturated heterocycles.